The molecule has 1 amide bonds. The van der Waals surface area contributed by atoms with Crippen LogP contribution in [0.15, 0.2) is 46.3 Å². The molecule has 1 N–H and O–H groups in total. The number of amidine groups is 1. The van der Waals surface area contributed by atoms with E-state index in [4.69, 9.17) is 16.3 Å². The number of halogens is 1. The lowest BCUT2D eigenvalue weighted by Crippen LogP contribution is -2.19. The maximum Gasteiger partial charge on any atom is 0.264 e. The highest BCUT2D eigenvalue weighted by atomic mass is 35.5. The third-order valence-electron chi connectivity index (χ3n) is 3.85. The van der Waals surface area contributed by atoms with Gasteiger partial charge >= 0.3 is 0 Å². The summed E-state index contributed by atoms with van der Waals surface area (Å²) in [7, 11) is 1.56. The highest BCUT2D eigenvalue weighted by molar-refractivity contribution is 8.18. The molecule has 0 atom stereocenters. The monoisotopic (exact) mass is 372 g/mol. The Labute approximate surface area is 155 Å². The molecule has 0 aliphatic carbocycles. The summed E-state index contributed by atoms with van der Waals surface area (Å²) in [5.41, 5.74) is 4.03. The third kappa shape index (κ3) is 4.06. The van der Waals surface area contributed by atoms with Crippen molar-refractivity contribution in [2.24, 2.45) is 4.99 Å². The number of thioether (sulfide) groups is 1. The Balaban J connectivity index is 1.83. The van der Waals surface area contributed by atoms with Gasteiger partial charge in [-0.15, -0.1) is 0 Å². The molecule has 25 heavy (non-hydrogen) atoms. The predicted octanol–water partition coefficient (Wildman–Crippen LogP) is 4.86. The Morgan fingerprint density at radius 2 is 1.96 bits per heavy atom. The lowest BCUT2D eigenvalue weighted by molar-refractivity contribution is -0.115. The zero-order valence-corrected chi connectivity index (χ0v) is 15.7. The number of nitrogens with zero attached hydrogens (tertiary/aromatic N) is 1. The summed E-state index contributed by atoms with van der Waals surface area (Å²) in [4.78, 5) is 17.3. The molecule has 0 unspecified atom stereocenters. The van der Waals surface area contributed by atoms with Gasteiger partial charge in [0, 0.05) is 0 Å². The van der Waals surface area contributed by atoms with Crippen molar-refractivity contribution in [3.8, 4) is 5.75 Å². The fraction of sp³-hybridized carbons (Fsp3) is 0.158. The van der Waals surface area contributed by atoms with Gasteiger partial charge in [0.2, 0.25) is 0 Å². The summed E-state index contributed by atoms with van der Waals surface area (Å²) in [6, 6.07) is 11.3. The normalized spacial score (nSPS) is 17.2. The number of carbonyl (C=O) groups excluding carboxylic acids is 1. The molecule has 128 valence electrons. The second kappa shape index (κ2) is 7.33. The SMILES string of the molecule is COc1ccc(/C=C2\SC(=Nc3ccc(C)c(C)c3)NC2=O)cc1Cl. The van der Waals surface area contributed by atoms with Gasteiger partial charge in [-0.2, -0.15) is 0 Å². The van der Waals surface area contributed by atoms with Crippen LogP contribution in [-0.4, -0.2) is 18.2 Å². The van der Waals surface area contributed by atoms with E-state index >= 15 is 0 Å². The molecule has 0 bridgehead atoms. The van der Waals surface area contributed by atoms with E-state index in [0.717, 1.165) is 11.3 Å². The summed E-state index contributed by atoms with van der Waals surface area (Å²) in [6.45, 7) is 4.09. The lowest BCUT2D eigenvalue weighted by Gasteiger charge is -2.03. The van der Waals surface area contributed by atoms with Gasteiger partial charge in [-0.1, -0.05) is 23.7 Å². The van der Waals surface area contributed by atoms with Gasteiger partial charge in [0.1, 0.15) is 5.75 Å². The van der Waals surface area contributed by atoms with E-state index < -0.39 is 0 Å². The van der Waals surface area contributed by atoms with Crippen LogP contribution >= 0.6 is 23.4 Å². The molecule has 1 saturated heterocycles. The molecule has 1 fully saturated rings. The number of nitrogens with one attached hydrogen (secondary N) is 1. The van der Waals surface area contributed by atoms with Gasteiger partial charge in [0.25, 0.3) is 5.91 Å². The van der Waals surface area contributed by atoms with E-state index in [0.29, 0.717) is 20.8 Å². The Morgan fingerprint density at radius 1 is 1.16 bits per heavy atom. The minimum atomic E-state index is -0.167. The molecule has 1 heterocycles. The summed E-state index contributed by atoms with van der Waals surface area (Å²) < 4.78 is 5.14. The van der Waals surface area contributed by atoms with E-state index in [1.165, 1.54) is 22.9 Å². The van der Waals surface area contributed by atoms with E-state index in [2.05, 4.69) is 17.2 Å². The molecule has 0 spiro atoms. The summed E-state index contributed by atoms with van der Waals surface area (Å²) in [5, 5.41) is 3.86. The maximum atomic E-state index is 12.2. The zero-order valence-electron chi connectivity index (χ0n) is 14.1. The number of methoxy groups -OCH3 is 1. The van der Waals surface area contributed by atoms with Gasteiger partial charge in [-0.25, -0.2) is 4.99 Å². The van der Waals surface area contributed by atoms with Crippen LogP contribution in [0.1, 0.15) is 16.7 Å². The number of aliphatic imine (C=N–C) groups is 1. The van der Waals surface area contributed by atoms with Crippen LogP contribution in [0.2, 0.25) is 5.02 Å². The summed E-state index contributed by atoms with van der Waals surface area (Å²) in [6.07, 6.45) is 1.79. The molecule has 1 aliphatic rings. The molecular weight excluding hydrogens is 356 g/mol. The summed E-state index contributed by atoms with van der Waals surface area (Å²) >= 11 is 7.44. The van der Waals surface area contributed by atoms with Crippen LogP contribution < -0.4 is 10.1 Å². The molecule has 3 rings (SSSR count). The standard InChI is InChI=1S/C19H17ClN2O2S/c1-11-4-6-14(8-12(11)2)21-19-22-18(23)17(25-19)10-13-5-7-16(24-3)15(20)9-13/h4-10H,1-3H3,(H,21,22,23)/b17-10-. The van der Waals surface area contributed by atoms with Crippen molar-refractivity contribution >= 4 is 46.2 Å². The number of benzene rings is 2. The average Bonchev–Trinajstić information content (AvgIpc) is 2.90. The first kappa shape index (κ1) is 17.6. The van der Waals surface area contributed by atoms with E-state index in [9.17, 15) is 4.79 Å². The quantitative estimate of drug-likeness (QED) is 0.783. The van der Waals surface area contributed by atoms with Gasteiger partial charge in [-0.3, -0.25) is 4.79 Å². The van der Waals surface area contributed by atoms with Crippen LogP contribution in [0.4, 0.5) is 5.69 Å². The molecule has 2 aromatic carbocycles. The first-order valence-corrected chi connectivity index (χ1v) is 8.86. The fourth-order valence-electron chi connectivity index (χ4n) is 2.32. The topological polar surface area (TPSA) is 50.7 Å². The predicted molar refractivity (Wildman–Crippen MR) is 105 cm³/mol. The third-order valence-corrected chi connectivity index (χ3v) is 5.05. The molecule has 0 radical (unpaired) electrons. The molecule has 6 heteroatoms. The van der Waals surface area contributed by atoms with Crippen molar-refractivity contribution in [2.75, 3.05) is 7.11 Å². The van der Waals surface area contributed by atoms with Gasteiger partial charge in [-0.05, 0) is 72.6 Å². The lowest BCUT2D eigenvalue weighted by atomic mass is 10.1. The molecule has 4 nitrogen and oxygen atoms in total. The number of hydrogen-bond acceptors (Lipinski definition) is 4. The molecule has 1 aliphatic heterocycles. The largest absolute Gasteiger partial charge is 0.495 e. The van der Waals surface area contributed by atoms with Crippen molar-refractivity contribution < 1.29 is 9.53 Å². The number of ether oxygens (including phenoxy) is 1. The van der Waals surface area contributed by atoms with Crippen LogP contribution in [-0.2, 0) is 4.79 Å². The number of hydrogen-bond donors (Lipinski definition) is 1. The zero-order chi connectivity index (χ0) is 18.0. The second-order valence-electron chi connectivity index (χ2n) is 5.64. The Kier molecular flexibility index (Phi) is 5.16. The van der Waals surface area contributed by atoms with Crippen molar-refractivity contribution in [3.63, 3.8) is 0 Å². The van der Waals surface area contributed by atoms with E-state index in [-0.39, 0.29) is 5.91 Å². The number of rotatable bonds is 3. The van der Waals surface area contributed by atoms with Gasteiger partial charge in [0.15, 0.2) is 5.17 Å². The molecular formula is C19H17ClN2O2S. The van der Waals surface area contributed by atoms with Gasteiger partial charge in [0.05, 0.1) is 22.7 Å². The van der Waals surface area contributed by atoms with Gasteiger partial charge < -0.3 is 10.1 Å². The smallest absolute Gasteiger partial charge is 0.264 e. The fourth-order valence-corrected chi connectivity index (χ4v) is 3.42. The Morgan fingerprint density at radius 3 is 2.64 bits per heavy atom. The van der Waals surface area contributed by atoms with Crippen molar-refractivity contribution in [3.05, 3.63) is 63.0 Å². The van der Waals surface area contributed by atoms with Crippen LogP contribution in [0, 0.1) is 13.8 Å². The van der Waals surface area contributed by atoms with E-state index in [1.54, 1.807) is 25.3 Å². The number of carbonyl (C=O) groups is 1. The van der Waals surface area contributed by atoms with Crippen LogP contribution in [0.5, 0.6) is 5.75 Å². The Bertz CT molecular complexity index is 906. The molecule has 0 saturated carbocycles. The minimum absolute atomic E-state index is 0.167. The van der Waals surface area contributed by atoms with Crippen molar-refractivity contribution in [1.29, 1.82) is 0 Å². The van der Waals surface area contributed by atoms with Crippen LogP contribution in [0.3, 0.4) is 0 Å². The average molecular weight is 373 g/mol. The molecule has 2 aromatic rings. The first-order chi connectivity index (χ1) is 12.0. The van der Waals surface area contributed by atoms with Crippen molar-refractivity contribution in [2.45, 2.75) is 13.8 Å². The van der Waals surface area contributed by atoms with Crippen LogP contribution in [0.25, 0.3) is 6.08 Å². The van der Waals surface area contributed by atoms with E-state index in [1.807, 2.05) is 31.2 Å². The second-order valence-corrected chi connectivity index (χ2v) is 7.08. The Hall–Kier alpha value is -2.24. The highest BCUT2D eigenvalue weighted by Crippen LogP contribution is 2.31. The molecule has 0 aromatic heterocycles. The first-order valence-electron chi connectivity index (χ1n) is 7.66. The minimum Gasteiger partial charge on any atom is -0.495 e. The van der Waals surface area contributed by atoms with Crippen molar-refractivity contribution in [1.82, 2.24) is 5.32 Å². The number of amides is 1. The number of aryl methyl sites for hydroxylation is 2. The summed E-state index contributed by atoms with van der Waals surface area (Å²) in [5.74, 6) is 0.434. The highest BCUT2D eigenvalue weighted by Gasteiger charge is 2.23. The maximum absolute atomic E-state index is 12.2.